The first kappa shape index (κ1) is 10.1. The molecule has 5 nitrogen and oxygen atoms in total. The number of carbonyl (C=O) groups is 1. The summed E-state index contributed by atoms with van der Waals surface area (Å²) in [5, 5.41) is 34.0. The van der Waals surface area contributed by atoms with E-state index in [1.54, 1.807) is 0 Å². The molecule has 0 aromatic carbocycles. The summed E-state index contributed by atoms with van der Waals surface area (Å²) in [6, 6.07) is 0. The summed E-state index contributed by atoms with van der Waals surface area (Å²) in [6.07, 6.45) is -1.66. The van der Waals surface area contributed by atoms with E-state index in [2.05, 4.69) is 0 Å². The van der Waals surface area contributed by atoms with Crippen LogP contribution < -0.4 is 0 Å². The Balaban J connectivity index is 4.23. The third-order valence-corrected chi connectivity index (χ3v) is 2.09. The summed E-state index contributed by atoms with van der Waals surface area (Å²) in [5.41, 5.74) is 0. The molecule has 0 rings (SSSR count). The predicted molar refractivity (Wildman–Crippen MR) is 39.7 cm³/mol. The maximum absolute atomic E-state index is 10.1. The molecule has 4 N–H and O–H groups in total. The van der Waals surface area contributed by atoms with E-state index in [0.717, 1.165) is 22.6 Å². The monoisotopic (exact) mass is 262 g/mol. The van der Waals surface area contributed by atoms with Crippen LogP contribution in [0.3, 0.4) is 0 Å². The molecule has 0 aromatic heterocycles. The van der Waals surface area contributed by atoms with Gasteiger partial charge in [0.05, 0.1) is 6.61 Å². The average Bonchev–Trinajstić information content (AvgIpc) is 1.86. The van der Waals surface area contributed by atoms with Crippen molar-refractivity contribution in [2.24, 2.45) is 0 Å². The zero-order valence-corrected chi connectivity index (χ0v) is 7.02. The van der Waals surface area contributed by atoms with Crippen molar-refractivity contribution in [2.75, 3.05) is 6.61 Å². The zero-order valence-electron chi connectivity index (χ0n) is 4.86. The lowest BCUT2D eigenvalue weighted by molar-refractivity contribution is -0.156. The Kier molecular flexibility index (Phi) is 3.49. The highest BCUT2D eigenvalue weighted by atomic mass is 127. The Morgan fingerprint density at radius 2 is 2.10 bits per heavy atom. The van der Waals surface area contributed by atoms with Crippen molar-refractivity contribution in [1.29, 1.82) is 0 Å². The minimum Gasteiger partial charge on any atom is -0.478 e. The molecule has 0 aliphatic carbocycles. The Morgan fingerprint density at radius 3 is 2.20 bits per heavy atom. The largest absolute Gasteiger partial charge is 0.478 e. The molecule has 2 atom stereocenters. The molecule has 60 valence electrons. The summed E-state index contributed by atoms with van der Waals surface area (Å²) in [5.74, 6) is -1.57. The molecule has 0 spiro atoms. The van der Waals surface area contributed by atoms with Gasteiger partial charge in [-0.3, -0.25) is 0 Å². The number of aliphatic hydroxyl groups is 3. The van der Waals surface area contributed by atoms with Crippen LogP contribution in [-0.4, -0.2) is 42.7 Å². The topological polar surface area (TPSA) is 98.0 Å². The molecule has 0 amide bonds. The fourth-order valence-corrected chi connectivity index (χ4v) is 0.460. The molecule has 0 aromatic rings. The normalized spacial score (nSPS) is 19.6. The first-order valence-corrected chi connectivity index (χ1v) is 3.44. The van der Waals surface area contributed by atoms with Gasteiger partial charge in [-0.05, 0) is 22.6 Å². The maximum atomic E-state index is 10.1. The van der Waals surface area contributed by atoms with Crippen LogP contribution in [0.4, 0.5) is 0 Å². The van der Waals surface area contributed by atoms with Crippen molar-refractivity contribution < 1.29 is 25.2 Å². The first-order chi connectivity index (χ1) is 4.42. The number of carboxylic acid groups (broad SMARTS) is 1. The van der Waals surface area contributed by atoms with Crippen LogP contribution >= 0.6 is 22.6 Å². The van der Waals surface area contributed by atoms with Gasteiger partial charge in [0.1, 0.15) is 6.10 Å². The lowest BCUT2D eigenvalue weighted by atomic mass is 10.2. The number of aliphatic carboxylic acids is 1. The van der Waals surface area contributed by atoms with E-state index >= 15 is 0 Å². The predicted octanol–water partition coefficient (Wildman–Crippen LogP) is -1.45. The van der Waals surface area contributed by atoms with Gasteiger partial charge in [-0.15, -0.1) is 0 Å². The van der Waals surface area contributed by atoms with E-state index in [1.165, 1.54) is 0 Å². The first-order valence-electron chi connectivity index (χ1n) is 2.36. The summed E-state index contributed by atoms with van der Waals surface area (Å²) < 4.78 is -2.30. The van der Waals surface area contributed by atoms with Crippen molar-refractivity contribution in [3.63, 3.8) is 0 Å². The van der Waals surface area contributed by atoms with Crippen molar-refractivity contribution in [1.82, 2.24) is 0 Å². The van der Waals surface area contributed by atoms with Crippen molar-refractivity contribution >= 4 is 28.6 Å². The van der Waals surface area contributed by atoms with Crippen molar-refractivity contribution in [3.8, 4) is 0 Å². The molecule has 6 heteroatoms. The van der Waals surface area contributed by atoms with Crippen molar-refractivity contribution in [2.45, 2.75) is 9.71 Å². The van der Waals surface area contributed by atoms with Gasteiger partial charge in [0.25, 0.3) is 0 Å². The van der Waals surface area contributed by atoms with Gasteiger partial charge in [0, 0.05) is 0 Å². The number of carboxylic acids is 1. The fraction of sp³-hybridized carbons (Fsp3) is 0.750. The second kappa shape index (κ2) is 3.46. The van der Waals surface area contributed by atoms with Crippen LogP contribution in [0.15, 0.2) is 0 Å². The third kappa shape index (κ3) is 2.04. The number of hydrogen-bond donors (Lipinski definition) is 4. The molecular weight excluding hydrogens is 255 g/mol. The van der Waals surface area contributed by atoms with Crippen LogP contribution in [0.5, 0.6) is 0 Å². The number of alkyl halides is 1. The quantitative estimate of drug-likeness (QED) is 0.368. The molecule has 0 radical (unpaired) electrons. The van der Waals surface area contributed by atoms with Gasteiger partial charge in [0.15, 0.2) is 0 Å². The van der Waals surface area contributed by atoms with E-state index in [4.69, 9.17) is 20.4 Å². The van der Waals surface area contributed by atoms with Gasteiger partial charge in [0.2, 0.25) is 3.61 Å². The summed E-state index contributed by atoms with van der Waals surface area (Å²) in [4.78, 5) is 10.1. The standard InChI is InChI=1S/C4H7IO5/c5-4(10,3(8)9)2(7)1-6/h2,6-7,10H,1H2,(H,8,9). The van der Waals surface area contributed by atoms with Crippen LogP contribution in [0.25, 0.3) is 0 Å². The van der Waals surface area contributed by atoms with E-state index < -0.39 is 22.3 Å². The summed E-state index contributed by atoms with van der Waals surface area (Å²) in [7, 11) is 0. The van der Waals surface area contributed by atoms with Gasteiger partial charge < -0.3 is 20.4 Å². The molecule has 0 saturated carbocycles. The van der Waals surface area contributed by atoms with Crippen LogP contribution in [0.1, 0.15) is 0 Å². The van der Waals surface area contributed by atoms with E-state index in [0.29, 0.717) is 0 Å². The molecule has 0 bridgehead atoms. The Morgan fingerprint density at radius 1 is 1.70 bits per heavy atom. The minimum atomic E-state index is -2.30. The number of halogens is 1. The highest BCUT2D eigenvalue weighted by molar-refractivity contribution is 14.1. The number of aliphatic hydroxyl groups excluding tert-OH is 2. The van der Waals surface area contributed by atoms with E-state index in [9.17, 15) is 4.79 Å². The molecule has 0 heterocycles. The molecule has 0 saturated heterocycles. The highest BCUT2D eigenvalue weighted by Gasteiger charge is 2.40. The van der Waals surface area contributed by atoms with Gasteiger partial charge >= 0.3 is 5.97 Å². The summed E-state index contributed by atoms with van der Waals surface area (Å²) >= 11 is 1.14. The summed E-state index contributed by atoms with van der Waals surface area (Å²) in [6.45, 7) is -0.786. The Bertz CT molecular complexity index is 134. The van der Waals surface area contributed by atoms with E-state index in [1.807, 2.05) is 0 Å². The Hall–Kier alpha value is 0.0800. The lowest BCUT2D eigenvalue weighted by Crippen LogP contribution is -2.45. The number of rotatable bonds is 3. The zero-order chi connectivity index (χ0) is 8.36. The molecule has 0 aliphatic rings. The maximum Gasteiger partial charge on any atom is 0.349 e. The molecule has 2 unspecified atom stereocenters. The van der Waals surface area contributed by atoms with Gasteiger partial charge in [-0.1, -0.05) is 0 Å². The van der Waals surface area contributed by atoms with Crippen LogP contribution in [-0.2, 0) is 4.79 Å². The van der Waals surface area contributed by atoms with Crippen molar-refractivity contribution in [3.05, 3.63) is 0 Å². The van der Waals surface area contributed by atoms with Gasteiger partial charge in [-0.2, -0.15) is 0 Å². The Labute approximate surface area is 70.4 Å². The molecule has 10 heavy (non-hydrogen) atoms. The minimum absolute atomic E-state index is 0.786. The lowest BCUT2D eigenvalue weighted by Gasteiger charge is -2.20. The molecule has 0 fully saturated rings. The second-order valence-corrected chi connectivity index (χ2v) is 3.32. The SMILES string of the molecule is O=C(O)C(O)(I)C(O)CO. The second-order valence-electron chi connectivity index (χ2n) is 1.68. The highest BCUT2D eigenvalue weighted by Crippen LogP contribution is 2.19. The smallest absolute Gasteiger partial charge is 0.349 e. The fourth-order valence-electron chi connectivity index (χ4n) is 0.264. The number of hydrogen-bond acceptors (Lipinski definition) is 4. The van der Waals surface area contributed by atoms with E-state index in [-0.39, 0.29) is 0 Å². The average molecular weight is 262 g/mol. The van der Waals surface area contributed by atoms with Crippen LogP contribution in [0.2, 0.25) is 0 Å². The molecule has 0 aliphatic heterocycles. The van der Waals surface area contributed by atoms with Gasteiger partial charge in [-0.25, -0.2) is 4.79 Å². The molecular formula is C4H7IO5. The van der Waals surface area contributed by atoms with Crippen LogP contribution in [0, 0.1) is 0 Å². The third-order valence-electron chi connectivity index (χ3n) is 0.914.